The summed E-state index contributed by atoms with van der Waals surface area (Å²) in [7, 11) is 0. The Morgan fingerprint density at radius 3 is 2.40 bits per heavy atom. The molecular weight excluding hydrogens is 556 g/mol. The molecule has 1 aliphatic heterocycles. The number of carbonyl (C=O) groups is 2. The molecule has 42 heavy (non-hydrogen) atoms. The zero-order chi connectivity index (χ0) is 29.7. The number of thioether (sulfide) groups is 1. The van der Waals surface area contributed by atoms with Crippen LogP contribution in [0, 0.1) is 0 Å². The fraction of sp³-hybridized carbons (Fsp3) is 0.375. The first-order valence-electron chi connectivity index (χ1n) is 14.0. The van der Waals surface area contributed by atoms with E-state index in [1.807, 2.05) is 72.8 Å². The summed E-state index contributed by atoms with van der Waals surface area (Å²) in [6, 6.07) is 23.3. The van der Waals surface area contributed by atoms with Gasteiger partial charge < -0.3 is 35.1 Å². The van der Waals surface area contributed by atoms with Crippen LogP contribution in [0.25, 0.3) is 11.1 Å². The zero-order valence-corrected chi connectivity index (χ0v) is 24.5. The number of urea groups is 1. The molecule has 3 aromatic carbocycles. The van der Waals surface area contributed by atoms with E-state index < -0.39 is 18.3 Å². The van der Waals surface area contributed by atoms with Gasteiger partial charge in [-0.2, -0.15) is 11.8 Å². The Bertz CT molecular complexity index is 1290. The highest BCUT2D eigenvalue weighted by Crippen LogP contribution is 2.39. The summed E-state index contributed by atoms with van der Waals surface area (Å²) in [6.45, 7) is 2.23. The molecule has 9 nitrogen and oxygen atoms in total. The average Bonchev–Trinajstić information content (AvgIpc) is 3.03. The Morgan fingerprint density at radius 1 is 0.929 bits per heavy atom. The van der Waals surface area contributed by atoms with Gasteiger partial charge in [0, 0.05) is 30.0 Å². The summed E-state index contributed by atoms with van der Waals surface area (Å²) < 4.78 is 17.6. The van der Waals surface area contributed by atoms with Crippen LogP contribution in [0.2, 0.25) is 0 Å². The van der Waals surface area contributed by atoms with Crippen molar-refractivity contribution in [3.63, 3.8) is 0 Å². The van der Waals surface area contributed by atoms with Crippen LogP contribution in [-0.2, 0) is 32.2 Å². The number of amides is 2. The van der Waals surface area contributed by atoms with Gasteiger partial charge in [-0.05, 0) is 40.8 Å². The third kappa shape index (κ3) is 9.30. The molecule has 10 heteroatoms. The molecule has 0 aromatic heterocycles. The predicted octanol–water partition coefficient (Wildman–Crippen LogP) is 4.48. The van der Waals surface area contributed by atoms with Crippen LogP contribution in [0.1, 0.15) is 48.0 Å². The van der Waals surface area contributed by atoms with Gasteiger partial charge >= 0.3 is 12.0 Å². The Kier molecular flexibility index (Phi) is 12.2. The lowest BCUT2D eigenvalue weighted by atomic mass is 9.99. The number of nitrogens with one attached hydrogen (secondary N) is 2. The Labute approximate surface area is 250 Å². The zero-order valence-electron chi connectivity index (χ0n) is 23.7. The predicted molar refractivity (Wildman–Crippen MR) is 162 cm³/mol. The smallest absolute Gasteiger partial charge is 0.325 e. The maximum Gasteiger partial charge on any atom is 0.325 e. The Hall–Kier alpha value is -3.41. The van der Waals surface area contributed by atoms with Gasteiger partial charge in [-0.25, -0.2) is 4.79 Å². The van der Waals surface area contributed by atoms with Crippen LogP contribution in [0.15, 0.2) is 72.8 Å². The van der Waals surface area contributed by atoms with E-state index in [0.29, 0.717) is 18.7 Å². The van der Waals surface area contributed by atoms with Gasteiger partial charge in [0.2, 0.25) is 0 Å². The van der Waals surface area contributed by atoms with Crippen LogP contribution in [0.4, 0.5) is 4.79 Å². The molecule has 1 fully saturated rings. The summed E-state index contributed by atoms with van der Waals surface area (Å²) >= 11 is 1.66. The van der Waals surface area contributed by atoms with Crippen molar-refractivity contribution in [2.75, 3.05) is 31.3 Å². The maximum absolute atomic E-state index is 12.0. The van der Waals surface area contributed by atoms with Crippen molar-refractivity contribution < 1.29 is 34.0 Å². The monoisotopic (exact) mass is 594 g/mol. The molecule has 0 spiro atoms. The SMILES string of the molecule is CCOC(=O)CNC(=O)NCc1cccc(-c2ccc([C@H]3O[C@@H](CSCCO)C[C@@H](c4ccc(CO)cc4)O3)cc2)c1. The van der Waals surface area contributed by atoms with Crippen LogP contribution < -0.4 is 10.6 Å². The first kappa shape index (κ1) is 31.5. The van der Waals surface area contributed by atoms with Gasteiger partial charge in [-0.3, -0.25) is 4.79 Å². The number of esters is 1. The van der Waals surface area contributed by atoms with E-state index in [9.17, 15) is 19.8 Å². The van der Waals surface area contributed by atoms with Gasteiger partial charge in [0.15, 0.2) is 6.29 Å². The van der Waals surface area contributed by atoms with Crippen molar-refractivity contribution in [2.24, 2.45) is 0 Å². The Balaban J connectivity index is 1.41. The average molecular weight is 595 g/mol. The normalized spacial score (nSPS) is 18.3. The summed E-state index contributed by atoms with van der Waals surface area (Å²) in [6.07, 6.45) is -0.0397. The quantitative estimate of drug-likeness (QED) is 0.169. The summed E-state index contributed by atoms with van der Waals surface area (Å²) in [4.78, 5) is 23.5. The molecule has 0 bridgehead atoms. The molecule has 1 aliphatic rings. The molecular formula is C32H38N2O7S. The van der Waals surface area contributed by atoms with E-state index in [4.69, 9.17) is 14.2 Å². The lowest BCUT2D eigenvalue weighted by Gasteiger charge is -2.36. The molecule has 4 N–H and O–H groups in total. The van der Waals surface area contributed by atoms with E-state index in [0.717, 1.165) is 39.1 Å². The van der Waals surface area contributed by atoms with E-state index in [1.54, 1.807) is 18.7 Å². The number of ether oxygens (including phenoxy) is 3. The molecule has 2 amide bonds. The lowest BCUT2D eigenvalue weighted by Crippen LogP contribution is -2.38. The Morgan fingerprint density at radius 2 is 1.69 bits per heavy atom. The fourth-order valence-electron chi connectivity index (χ4n) is 4.60. The molecule has 0 radical (unpaired) electrons. The second-order valence-electron chi connectivity index (χ2n) is 9.81. The first-order chi connectivity index (χ1) is 20.5. The number of carbonyl (C=O) groups excluding carboxylic acids is 2. The van der Waals surface area contributed by atoms with Crippen molar-refractivity contribution in [1.29, 1.82) is 0 Å². The number of hydrogen-bond acceptors (Lipinski definition) is 8. The number of hydrogen-bond donors (Lipinski definition) is 4. The highest BCUT2D eigenvalue weighted by molar-refractivity contribution is 7.99. The summed E-state index contributed by atoms with van der Waals surface area (Å²) in [5.41, 5.74) is 5.72. The number of aliphatic hydroxyl groups is 2. The van der Waals surface area contributed by atoms with Gasteiger partial charge in [0.05, 0.1) is 32.0 Å². The summed E-state index contributed by atoms with van der Waals surface area (Å²) in [5, 5.41) is 23.9. The molecule has 0 unspecified atom stereocenters. The number of rotatable bonds is 13. The molecule has 1 saturated heterocycles. The van der Waals surface area contributed by atoms with Crippen LogP contribution in [-0.4, -0.2) is 59.6 Å². The minimum atomic E-state index is -0.543. The van der Waals surface area contributed by atoms with Crippen molar-refractivity contribution in [1.82, 2.24) is 10.6 Å². The third-order valence-corrected chi connectivity index (χ3v) is 7.83. The second-order valence-corrected chi connectivity index (χ2v) is 11.0. The standard InChI is InChI=1S/C32H38N2O7S/c1-2-39-30(37)19-34-32(38)33-18-23-4-3-5-27(16-23)24-10-12-26(13-11-24)31-40-28(21-42-15-14-35)17-29(41-31)25-8-6-22(20-36)7-9-25/h3-13,16,28-29,31,35-36H,2,14-15,17-21H2,1H3,(H2,33,34,38)/t28-,29+,31+/m1/s1. The van der Waals surface area contributed by atoms with Gasteiger partial charge in [0.1, 0.15) is 6.54 Å². The molecule has 3 atom stereocenters. The fourth-order valence-corrected chi connectivity index (χ4v) is 5.38. The summed E-state index contributed by atoms with van der Waals surface area (Å²) in [5.74, 6) is 0.930. The van der Waals surface area contributed by atoms with E-state index in [2.05, 4.69) is 10.6 Å². The molecule has 0 saturated carbocycles. The molecule has 4 rings (SSSR count). The van der Waals surface area contributed by atoms with Crippen molar-refractivity contribution in [3.8, 4) is 11.1 Å². The van der Waals surface area contributed by atoms with E-state index >= 15 is 0 Å². The second kappa shape index (κ2) is 16.3. The van der Waals surface area contributed by atoms with Crippen LogP contribution in [0.5, 0.6) is 0 Å². The minimum Gasteiger partial charge on any atom is -0.465 e. The lowest BCUT2D eigenvalue weighted by molar-refractivity contribution is -0.245. The highest BCUT2D eigenvalue weighted by atomic mass is 32.2. The van der Waals surface area contributed by atoms with Crippen molar-refractivity contribution in [2.45, 2.75) is 45.0 Å². The van der Waals surface area contributed by atoms with Crippen LogP contribution in [0.3, 0.4) is 0 Å². The highest BCUT2D eigenvalue weighted by Gasteiger charge is 2.32. The van der Waals surface area contributed by atoms with Gasteiger partial charge in [0.25, 0.3) is 0 Å². The molecule has 0 aliphatic carbocycles. The van der Waals surface area contributed by atoms with E-state index in [1.165, 1.54) is 0 Å². The molecule has 224 valence electrons. The molecule has 1 heterocycles. The maximum atomic E-state index is 12.0. The number of benzene rings is 3. The molecule has 3 aromatic rings. The van der Waals surface area contributed by atoms with Gasteiger partial charge in [-0.15, -0.1) is 0 Å². The largest absolute Gasteiger partial charge is 0.465 e. The topological polar surface area (TPSA) is 126 Å². The van der Waals surface area contributed by atoms with Gasteiger partial charge in [-0.1, -0.05) is 66.7 Å². The van der Waals surface area contributed by atoms with Crippen molar-refractivity contribution >= 4 is 23.8 Å². The van der Waals surface area contributed by atoms with Crippen molar-refractivity contribution in [3.05, 3.63) is 95.1 Å². The number of aliphatic hydroxyl groups excluding tert-OH is 2. The van der Waals surface area contributed by atoms with Crippen LogP contribution >= 0.6 is 11.8 Å². The minimum absolute atomic E-state index is 0.00378. The third-order valence-electron chi connectivity index (χ3n) is 6.75. The first-order valence-corrected chi connectivity index (χ1v) is 15.2. The van der Waals surface area contributed by atoms with E-state index in [-0.39, 0.29) is 38.6 Å².